The number of amides is 2. The lowest BCUT2D eigenvalue weighted by atomic mass is 9.84. The van der Waals surface area contributed by atoms with Gasteiger partial charge in [0.05, 0.1) is 11.7 Å². The fourth-order valence-corrected chi connectivity index (χ4v) is 4.05. The van der Waals surface area contributed by atoms with Crippen molar-refractivity contribution >= 4 is 17.5 Å². The van der Waals surface area contributed by atoms with Crippen LogP contribution in [0.25, 0.3) is 5.69 Å². The predicted octanol–water partition coefficient (Wildman–Crippen LogP) is 3.09. The van der Waals surface area contributed by atoms with Crippen molar-refractivity contribution in [3.05, 3.63) is 54.1 Å². The molecule has 7 nitrogen and oxygen atoms in total. The van der Waals surface area contributed by atoms with E-state index in [4.69, 9.17) is 0 Å². The molecule has 2 amide bonds. The number of hydrogen-bond acceptors (Lipinski definition) is 4. The van der Waals surface area contributed by atoms with Gasteiger partial charge in [0.1, 0.15) is 11.3 Å². The molecular formula is C21H24N4O3. The Balaban J connectivity index is 1.43. The molecule has 0 bridgehead atoms. The fourth-order valence-electron chi connectivity index (χ4n) is 4.05. The highest BCUT2D eigenvalue weighted by atomic mass is 16.3. The summed E-state index contributed by atoms with van der Waals surface area (Å²) in [6.45, 7) is 0. The molecule has 1 atom stereocenters. The van der Waals surface area contributed by atoms with E-state index >= 15 is 0 Å². The predicted molar refractivity (Wildman–Crippen MR) is 105 cm³/mol. The van der Waals surface area contributed by atoms with E-state index in [1.54, 1.807) is 23.0 Å². The zero-order valence-electron chi connectivity index (χ0n) is 15.6. The van der Waals surface area contributed by atoms with Gasteiger partial charge in [-0.15, -0.1) is 0 Å². The van der Waals surface area contributed by atoms with E-state index < -0.39 is 17.9 Å². The lowest BCUT2D eigenvalue weighted by molar-refractivity contribution is -0.120. The third kappa shape index (κ3) is 3.78. The first-order valence-corrected chi connectivity index (χ1v) is 9.77. The van der Waals surface area contributed by atoms with Crippen LogP contribution in [-0.2, 0) is 9.59 Å². The summed E-state index contributed by atoms with van der Waals surface area (Å²) in [4.78, 5) is 24.9. The fraction of sp³-hybridized carbons (Fsp3) is 0.381. The number of carbonyl (C=O) groups is 2. The average molecular weight is 380 g/mol. The first kappa shape index (κ1) is 18.3. The highest BCUT2D eigenvalue weighted by Crippen LogP contribution is 2.31. The van der Waals surface area contributed by atoms with Crippen LogP contribution in [0.2, 0.25) is 0 Å². The maximum Gasteiger partial charge on any atom is 0.264 e. The van der Waals surface area contributed by atoms with Crippen molar-refractivity contribution in [2.45, 2.75) is 44.6 Å². The molecule has 3 N–H and O–H groups in total. The number of carbonyl (C=O) groups excluding carboxylic acids is 2. The highest BCUT2D eigenvalue weighted by molar-refractivity contribution is 6.24. The van der Waals surface area contributed by atoms with Crippen molar-refractivity contribution in [2.75, 3.05) is 5.32 Å². The van der Waals surface area contributed by atoms with E-state index in [2.05, 4.69) is 15.7 Å². The molecule has 1 aromatic carbocycles. The first-order valence-electron chi connectivity index (χ1n) is 9.77. The standard InChI is InChI=1S/C21H24N4O3/c26-19-17(13-14-5-2-1-3-6-14)24-21(28)18(19)20(27)23-15-7-9-16(10-8-15)25-12-4-11-22-25/h4,7-12,14,17,26H,1-3,5-6,13H2,(H,23,27)(H,24,28). The van der Waals surface area contributed by atoms with Crippen LogP contribution >= 0.6 is 0 Å². The molecule has 1 fully saturated rings. The van der Waals surface area contributed by atoms with Crippen LogP contribution in [0.4, 0.5) is 5.69 Å². The highest BCUT2D eigenvalue weighted by Gasteiger charge is 2.37. The van der Waals surface area contributed by atoms with Crippen LogP contribution in [0.5, 0.6) is 0 Å². The molecule has 7 heteroatoms. The number of aliphatic hydroxyl groups excluding tert-OH is 1. The third-order valence-electron chi connectivity index (χ3n) is 5.53. The minimum atomic E-state index is -0.590. The Morgan fingerprint density at radius 2 is 1.96 bits per heavy atom. The first-order chi connectivity index (χ1) is 13.6. The molecule has 2 aliphatic rings. The second-order valence-electron chi connectivity index (χ2n) is 7.48. The van der Waals surface area contributed by atoms with E-state index in [9.17, 15) is 14.7 Å². The average Bonchev–Trinajstić information content (AvgIpc) is 3.32. The lowest BCUT2D eigenvalue weighted by Crippen LogP contribution is -2.32. The summed E-state index contributed by atoms with van der Waals surface area (Å²) >= 11 is 0. The summed E-state index contributed by atoms with van der Waals surface area (Å²) in [6, 6.07) is 8.47. The van der Waals surface area contributed by atoms with Crippen molar-refractivity contribution in [3.63, 3.8) is 0 Å². The van der Waals surface area contributed by atoms with E-state index in [0.29, 0.717) is 18.0 Å². The lowest BCUT2D eigenvalue weighted by Gasteiger charge is -2.24. The number of nitrogens with zero attached hydrogens (tertiary/aromatic N) is 2. The quantitative estimate of drug-likeness (QED) is 0.695. The van der Waals surface area contributed by atoms with Crippen molar-refractivity contribution in [3.8, 4) is 5.69 Å². The Morgan fingerprint density at radius 3 is 2.64 bits per heavy atom. The van der Waals surface area contributed by atoms with Gasteiger partial charge in [-0.3, -0.25) is 9.59 Å². The molecule has 1 aliphatic carbocycles. The molecular weight excluding hydrogens is 356 g/mol. The van der Waals surface area contributed by atoms with Crippen LogP contribution in [-0.4, -0.2) is 32.7 Å². The molecule has 146 valence electrons. The van der Waals surface area contributed by atoms with E-state index in [1.807, 2.05) is 24.4 Å². The van der Waals surface area contributed by atoms with Crippen molar-refractivity contribution in [2.24, 2.45) is 5.92 Å². The van der Waals surface area contributed by atoms with Gasteiger partial charge in [-0.1, -0.05) is 32.1 Å². The van der Waals surface area contributed by atoms with Crippen LogP contribution in [0.1, 0.15) is 38.5 Å². The number of aliphatic hydroxyl groups is 1. The molecule has 0 radical (unpaired) electrons. The molecule has 1 aliphatic heterocycles. The zero-order chi connectivity index (χ0) is 19.5. The topological polar surface area (TPSA) is 96.2 Å². The van der Waals surface area contributed by atoms with Crippen LogP contribution in [0.3, 0.4) is 0 Å². The van der Waals surface area contributed by atoms with Gasteiger partial charge >= 0.3 is 0 Å². The maximum absolute atomic E-state index is 12.6. The number of aromatic nitrogens is 2. The van der Waals surface area contributed by atoms with Gasteiger partial charge < -0.3 is 15.7 Å². The number of benzene rings is 1. The molecule has 2 heterocycles. The number of anilines is 1. The largest absolute Gasteiger partial charge is 0.509 e. The van der Waals surface area contributed by atoms with Crippen molar-refractivity contribution in [1.29, 1.82) is 0 Å². The molecule has 2 aromatic rings. The summed E-state index contributed by atoms with van der Waals surface area (Å²) in [5.41, 5.74) is 1.22. The van der Waals surface area contributed by atoms with Gasteiger partial charge in [-0.2, -0.15) is 5.10 Å². The third-order valence-corrected chi connectivity index (χ3v) is 5.53. The second-order valence-corrected chi connectivity index (χ2v) is 7.48. The summed E-state index contributed by atoms with van der Waals surface area (Å²) in [5.74, 6) is -0.753. The van der Waals surface area contributed by atoms with Crippen LogP contribution in [0.15, 0.2) is 54.1 Å². The Bertz CT molecular complexity index is 881. The monoisotopic (exact) mass is 380 g/mol. The Hall–Kier alpha value is -3.09. The Labute approximate surface area is 163 Å². The Morgan fingerprint density at radius 1 is 1.21 bits per heavy atom. The van der Waals surface area contributed by atoms with Crippen molar-refractivity contribution < 1.29 is 14.7 Å². The molecule has 1 aromatic heterocycles. The molecule has 1 unspecified atom stereocenters. The zero-order valence-corrected chi connectivity index (χ0v) is 15.6. The van der Waals surface area contributed by atoms with E-state index in [-0.39, 0.29) is 11.3 Å². The van der Waals surface area contributed by atoms with Crippen molar-refractivity contribution in [1.82, 2.24) is 15.1 Å². The van der Waals surface area contributed by atoms with E-state index in [0.717, 1.165) is 18.5 Å². The normalized spacial score (nSPS) is 20.3. The van der Waals surface area contributed by atoms with Gasteiger partial charge in [0.2, 0.25) is 0 Å². The van der Waals surface area contributed by atoms with E-state index in [1.165, 1.54) is 19.3 Å². The molecule has 0 spiro atoms. The van der Waals surface area contributed by atoms with Gasteiger partial charge in [-0.05, 0) is 42.7 Å². The second kappa shape index (κ2) is 7.88. The smallest absolute Gasteiger partial charge is 0.264 e. The number of nitrogens with one attached hydrogen (secondary N) is 2. The molecule has 1 saturated carbocycles. The SMILES string of the molecule is O=C(Nc1ccc(-n2cccn2)cc1)C1=C(O)C(CC2CCCCC2)NC1=O. The molecule has 0 saturated heterocycles. The van der Waals surface area contributed by atoms with Gasteiger partial charge in [-0.25, -0.2) is 4.68 Å². The summed E-state index contributed by atoms with van der Waals surface area (Å²) < 4.78 is 1.71. The molecule has 4 rings (SSSR count). The van der Waals surface area contributed by atoms with Crippen LogP contribution < -0.4 is 10.6 Å². The van der Waals surface area contributed by atoms with Crippen LogP contribution in [0, 0.1) is 5.92 Å². The molecule has 28 heavy (non-hydrogen) atoms. The number of hydrogen-bond donors (Lipinski definition) is 3. The number of rotatable bonds is 5. The summed E-state index contributed by atoms with van der Waals surface area (Å²) in [6.07, 6.45) is 10.1. The minimum absolute atomic E-state index is 0.138. The minimum Gasteiger partial charge on any atom is -0.509 e. The summed E-state index contributed by atoms with van der Waals surface area (Å²) in [5, 5.41) is 20.1. The van der Waals surface area contributed by atoms with Gasteiger partial charge in [0, 0.05) is 18.1 Å². The van der Waals surface area contributed by atoms with Gasteiger partial charge in [0.25, 0.3) is 11.8 Å². The maximum atomic E-state index is 12.6. The Kier molecular flexibility index (Phi) is 5.14. The van der Waals surface area contributed by atoms with Gasteiger partial charge in [0.15, 0.2) is 0 Å². The summed E-state index contributed by atoms with van der Waals surface area (Å²) in [7, 11) is 0.